The van der Waals surface area contributed by atoms with E-state index in [2.05, 4.69) is 10.2 Å². The van der Waals surface area contributed by atoms with Gasteiger partial charge in [0.15, 0.2) is 11.6 Å². The minimum atomic E-state index is -2.48. The molecule has 0 bridgehead atoms. The zero-order chi connectivity index (χ0) is 23.7. The first-order valence-electron chi connectivity index (χ1n) is 11.6. The highest BCUT2D eigenvalue weighted by Gasteiger charge is 2.28. The Hall–Kier alpha value is -2.95. The molecule has 4 heterocycles. The van der Waals surface area contributed by atoms with Gasteiger partial charge in [-0.1, -0.05) is 12.1 Å². The summed E-state index contributed by atoms with van der Waals surface area (Å²) < 4.78 is 20.0. The maximum Gasteiger partial charge on any atom is 0.156 e. The van der Waals surface area contributed by atoms with Gasteiger partial charge in [-0.05, 0) is 43.5 Å². The van der Waals surface area contributed by atoms with E-state index in [1.807, 2.05) is 61.5 Å². The molecule has 2 aromatic heterocycles. The lowest BCUT2D eigenvalue weighted by molar-refractivity contribution is 0.495. The van der Waals surface area contributed by atoms with Crippen LogP contribution in [0, 0.1) is 0 Å². The van der Waals surface area contributed by atoms with Crippen molar-refractivity contribution in [3.8, 4) is 0 Å². The number of anilines is 3. The number of fused-ring (bicyclic) bond motifs is 1. The summed E-state index contributed by atoms with van der Waals surface area (Å²) in [6.07, 6.45) is 6.81. The number of para-hydroxylation sites is 2. The molecule has 0 aliphatic carbocycles. The van der Waals surface area contributed by atoms with Crippen LogP contribution in [0.3, 0.4) is 0 Å². The monoisotopic (exact) mass is 481 g/mol. The van der Waals surface area contributed by atoms with Crippen molar-refractivity contribution in [2.24, 2.45) is 0 Å². The van der Waals surface area contributed by atoms with Crippen LogP contribution < -0.4 is 15.1 Å². The third kappa shape index (κ3) is 5.08. The zero-order valence-corrected chi connectivity index (χ0v) is 20.4. The molecule has 2 aliphatic rings. The van der Waals surface area contributed by atoms with Crippen LogP contribution in [0.1, 0.15) is 30.8 Å². The first-order valence-corrected chi connectivity index (χ1v) is 13.5. The number of nitrogens with one attached hydrogen (secondary N) is 1. The summed E-state index contributed by atoms with van der Waals surface area (Å²) in [6, 6.07) is 9.79. The third-order valence-electron chi connectivity index (χ3n) is 6.17. The summed E-state index contributed by atoms with van der Waals surface area (Å²) >= 11 is 0. The topological polar surface area (TPSA) is 111 Å². The van der Waals surface area contributed by atoms with Crippen LogP contribution in [0.15, 0.2) is 30.3 Å². The molecule has 0 unspecified atom stereocenters. The Morgan fingerprint density at radius 3 is 2.44 bits per heavy atom. The molecule has 0 saturated carbocycles. The number of nitrogens with zero attached hydrogens (tertiary/aromatic N) is 6. The molecule has 2 aliphatic heterocycles. The fourth-order valence-electron chi connectivity index (χ4n) is 4.45. The standard InChI is InChI=1S/C24H31N7O2S/c1-30(2)24-20(26-18-7-3-4-8-19(18)27-24)9-10-21-28-22(25-17-11-14-34(32,33)16-17)15-23(29-21)31-12-5-6-13-31/h3-4,7-10,15,17,32-33H,5-6,11-14,16H2,1-2H3,(H,25,28,29)/t17-/m1/s1. The lowest BCUT2D eigenvalue weighted by atomic mass is 10.2. The summed E-state index contributed by atoms with van der Waals surface area (Å²) in [5.41, 5.74) is 2.44. The highest BCUT2D eigenvalue weighted by molar-refractivity contribution is 8.24. The van der Waals surface area contributed by atoms with Gasteiger partial charge in [0.05, 0.1) is 16.8 Å². The number of benzene rings is 1. The van der Waals surface area contributed by atoms with Gasteiger partial charge < -0.3 is 15.1 Å². The van der Waals surface area contributed by atoms with Gasteiger partial charge in [-0.2, -0.15) is 10.6 Å². The Labute approximate surface area is 201 Å². The summed E-state index contributed by atoms with van der Waals surface area (Å²) in [5.74, 6) is 3.75. The molecule has 3 N–H and O–H groups in total. The Balaban J connectivity index is 1.48. The summed E-state index contributed by atoms with van der Waals surface area (Å²) in [6.45, 7) is 1.95. The van der Waals surface area contributed by atoms with Crippen molar-refractivity contribution in [2.75, 3.05) is 53.8 Å². The van der Waals surface area contributed by atoms with E-state index in [4.69, 9.17) is 19.9 Å². The summed E-state index contributed by atoms with van der Waals surface area (Å²) in [4.78, 5) is 23.3. The van der Waals surface area contributed by atoms with Gasteiger partial charge in [0, 0.05) is 45.0 Å². The van der Waals surface area contributed by atoms with E-state index in [0.29, 0.717) is 23.1 Å². The minimum absolute atomic E-state index is 0.00476. The second kappa shape index (κ2) is 9.36. The molecule has 2 saturated heterocycles. The van der Waals surface area contributed by atoms with Crippen LogP contribution in [0.2, 0.25) is 0 Å². The normalized spacial score (nSPS) is 20.8. The predicted molar refractivity (Wildman–Crippen MR) is 141 cm³/mol. The largest absolute Gasteiger partial charge is 0.366 e. The van der Waals surface area contributed by atoms with Gasteiger partial charge in [0.2, 0.25) is 0 Å². The van der Waals surface area contributed by atoms with Gasteiger partial charge in [-0.3, -0.25) is 9.11 Å². The highest BCUT2D eigenvalue weighted by Crippen LogP contribution is 2.46. The lowest BCUT2D eigenvalue weighted by Crippen LogP contribution is -2.23. The Morgan fingerprint density at radius 1 is 1.03 bits per heavy atom. The molecule has 5 rings (SSSR count). The summed E-state index contributed by atoms with van der Waals surface area (Å²) in [7, 11) is 1.43. The first-order chi connectivity index (χ1) is 16.4. The molecule has 3 aromatic rings. The fourth-order valence-corrected chi connectivity index (χ4v) is 6.17. The zero-order valence-electron chi connectivity index (χ0n) is 19.6. The predicted octanol–water partition coefficient (Wildman–Crippen LogP) is 4.19. The highest BCUT2D eigenvalue weighted by atomic mass is 32.3. The maximum atomic E-state index is 10.0. The number of hydrogen-bond donors (Lipinski definition) is 3. The van der Waals surface area contributed by atoms with Crippen LogP contribution in [0.5, 0.6) is 0 Å². The van der Waals surface area contributed by atoms with Crippen LogP contribution in [0.25, 0.3) is 23.2 Å². The molecule has 1 atom stereocenters. The molecule has 1 aromatic carbocycles. The van der Waals surface area contributed by atoms with Crippen molar-refractivity contribution >= 4 is 51.2 Å². The van der Waals surface area contributed by atoms with Crippen molar-refractivity contribution in [3.05, 3.63) is 41.9 Å². The molecular formula is C24H31N7O2S. The van der Waals surface area contributed by atoms with Gasteiger partial charge in [-0.15, -0.1) is 0 Å². The van der Waals surface area contributed by atoms with E-state index in [1.165, 1.54) is 0 Å². The number of hydrogen-bond acceptors (Lipinski definition) is 9. The third-order valence-corrected chi connectivity index (χ3v) is 7.99. The molecule has 10 heteroatoms. The molecule has 0 spiro atoms. The second-order valence-corrected chi connectivity index (χ2v) is 11.5. The number of aromatic nitrogens is 4. The van der Waals surface area contributed by atoms with Gasteiger partial charge in [0.1, 0.15) is 17.3 Å². The van der Waals surface area contributed by atoms with E-state index < -0.39 is 10.6 Å². The lowest BCUT2D eigenvalue weighted by Gasteiger charge is -2.26. The van der Waals surface area contributed by atoms with Crippen molar-refractivity contribution in [1.29, 1.82) is 0 Å². The Bertz CT molecular complexity index is 1210. The van der Waals surface area contributed by atoms with Gasteiger partial charge in [0.25, 0.3) is 0 Å². The molecule has 0 radical (unpaired) electrons. The van der Waals surface area contributed by atoms with E-state index in [9.17, 15) is 9.11 Å². The Kier molecular flexibility index (Phi) is 6.28. The van der Waals surface area contributed by atoms with Crippen LogP contribution >= 0.6 is 10.6 Å². The molecule has 2 fully saturated rings. The smallest absolute Gasteiger partial charge is 0.156 e. The van der Waals surface area contributed by atoms with E-state index in [-0.39, 0.29) is 6.04 Å². The molecule has 0 amide bonds. The molecule has 34 heavy (non-hydrogen) atoms. The van der Waals surface area contributed by atoms with Crippen molar-refractivity contribution < 1.29 is 9.11 Å². The molecule has 9 nitrogen and oxygen atoms in total. The van der Waals surface area contributed by atoms with E-state index >= 15 is 0 Å². The van der Waals surface area contributed by atoms with Crippen LogP contribution in [-0.4, -0.2) is 73.8 Å². The van der Waals surface area contributed by atoms with E-state index in [1.54, 1.807) is 0 Å². The maximum absolute atomic E-state index is 10.0. The Morgan fingerprint density at radius 2 is 1.76 bits per heavy atom. The van der Waals surface area contributed by atoms with E-state index in [0.717, 1.165) is 60.7 Å². The van der Waals surface area contributed by atoms with Crippen LogP contribution in [-0.2, 0) is 0 Å². The summed E-state index contributed by atoms with van der Waals surface area (Å²) in [5, 5.41) is 3.41. The number of rotatable bonds is 6. The van der Waals surface area contributed by atoms with Crippen molar-refractivity contribution in [2.45, 2.75) is 25.3 Å². The molecular weight excluding hydrogens is 450 g/mol. The van der Waals surface area contributed by atoms with Gasteiger partial charge in [-0.25, -0.2) is 19.9 Å². The molecule has 180 valence electrons. The van der Waals surface area contributed by atoms with Crippen molar-refractivity contribution in [1.82, 2.24) is 19.9 Å². The second-order valence-electron chi connectivity index (χ2n) is 9.12. The average Bonchev–Trinajstić information content (AvgIpc) is 3.46. The minimum Gasteiger partial charge on any atom is -0.366 e. The average molecular weight is 482 g/mol. The first kappa shape index (κ1) is 22.8. The quantitative estimate of drug-likeness (QED) is 0.477. The van der Waals surface area contributed by atoms with Crippen molar-refractivity contribution in [3.63, 3.8) is 0 Å². The fraction of sp³-hybridized carbons (Fsp3) is 0.417. The van der Waals surface area contributed by atoms with Crippen LogP contribution in [0.4, 0.5) is 17.5 Å². The SMILES string of the molecule is CN(C)c1nc2ccccc2nc1C=Cc1nc(N[C@@H]2CCS(O)(O)C2)cc(N2CCCC2)n1. The van der Waals surface area contributed by atoms with Gasteiger partial charge >= 0.3 is 0 Å².